The predicted molar refractivity (Wildman–Crippen MR) is 109 cm³/mol. The SMILES string of the molecule is CC(C)(C)c1cc(O)c2c(c1)OC(C)(C)[C@@H]1CC=C(C(=O)OC(CO)CO)CC21. The smallest absolute Gasteiger partial charge is 0.334 e. The van der Waals surface area contributed by atoms with Crippen molar-refractivity contribution < 1.29 is 29.6 Å². The standard InChI is InChI=1S/C23H32O6/c1-22(2,3)14-9-18(26)20-16-8-13(21(27)28-15(11-24)12-25)6-7-17(16)23(4,5)29-19(20)10-14/h6,9-10,15-17,24-26H,7-8,11-12H2,1-5H3/t16?,17-/m1/s1. The Morgan fingerprint density at radius 3 is 2.52 bits per heavy atom. The number of phenolic OH excluding ortho intramolecular Hbond substituents is 1. The van der Waals surface area contributed by atoms with Gasteiger partial charge in [-0.25, -0.2) is 4.79 Å². The Hall–Kier alpha value is -2.05. The van der Waals surface area contributed by atoms with Crippen LogP contribution in [0.15, 0.2) is 23.8 Å². The Kier molecular flexibility index (Phi) is 5.71. The second-order valence-corrected chi connectivity index (χ2v) is 9.64. The number of aromatic hydroxyl groups is 1. The highest BCUT2D eigenvalue weighted by Gasteiger charge is 2.47. The van der Waals surface area contributed by atoms with Crippen LogP contribution in [0.3, 0.4) is 0 Å². The summed E-state index contributed by atoms with van der Waals surface area (Å²) < 4.78 is 11.5. The molecule has 1 heterocycles. The first-order chi connectivity index (χ1) is 13.5. The van der Waals surface area contributed by atoms with Crippen LogP contribution in [0.2, 0.25) is 0 Å². The summed E-state index contributed by atoms with van der Waals surface area (Å²) in [6.07, 6.45) is 1.95. The number of rotatable bonds is 4. The van der Waals surface area contributed by atoms with Crippen molar-refractivity contribution in [1.29, 1.82) is 0 Å². The van der Waals surface area contributed by atoms with E-state index in [9.17, 15) is 20.1 Å². The van der Waals surface area contributed by atoms with E-state index in [1.165, 1.54) is 0 Å². The number of esters is 1. The Labute approximate surface area is 172 Å². The van der Waals surface area contributed by atoms with Crippen LogP contribution in [0.1, 0.15) is 64.5 Å². The minimum atomic E-state index is -0.928. The molecule has 3 rings (SSSR count). The molecule has 2 atom stereocenters. The first-order valence-corrected chi connectivity index (χ1v) is 10.2. The van der Waals surface area contributed by atoms with Crippen LogP contribution < -0.4 is 4.74 Å². The Morgan fingerprint density at radius 2 is 1.93 bits per heavy atom. The maximum absolute atomic E-state index is 12.5. The summed E-state index contributed by atoms with van der Waals surface area (Å²) in [5, 5.41) is 29.2. The van der Waals surface area contributed by atoms with E-state index in [2.05, 4.69) is 20.8 Å². The van der Waals surface area contributed by atoms with Crippen LogP contribution in [0.4, 0.5) is 0 Å². The number of carbonyl (C=O) groups is 1. The predicted octanol–water partition coefficient (Wildman–Crippen LogP) is 3.18. The molecule has 160 valence electrons. The second-order valence-electron chi connectivity index (χ2n) is 9.64. The van der Waals surface area contributed by atoms with Gasteiger partial charge >= 0.3 is 5.97 Å². The molecule has 0 saturated heterocycles. The van der Waals surface area contributed by atoms with E-state index in [0.717, 1.165) is 11.1 Å². The third-order valence-electron chi connectivity index (χ3n) is 6.11. The molecule has 3 N–H and O–H groups in total. The molecule has 0 bridgehead atoms. The molecular weight excluding hydrogens is 372 g/mol. The van der Waals surface area contributed by atoms with E-state index < -0.39 is 30.9 Å². The van der Waals surface area contributed by atoms with Crippen molar-refractivity contribution in [1.82, 2.24) is 0 Å². The van der Waals surface area contributed by atoms with Gasteiger partial charge in [-0.05, 0) is 49.8 Å². The molecule has 1 aromatic carbocycles. The van der Waals surface area contributed by atoms with Crippen molar-refractivity contribution >= 4 is 5.97 Å². The topological polar surface area (TPSA) is 96.2 Å². The fourth-order valence-electron chi connectivity index (χ4n) is 4.35. The number of aliphatic hydroxyl groups is 2. The number of carbonyl (C=O) groups excluding carboxylic acids is 1. The third kappa shape index (κ3) is 4.14. The number of ether oxygens (including phenoxy) is 2. The number of fused-ring (bicyclic) bond motifs is 3. The van der Waals surface area contributed by atoms with Gasteiger partial charge in [-0.3, -0.25) is 0 Å². The lowest BCUT2D eigenvalue weighted by atomic mass is 9.66. The van der Waals surface area contributed by atoms with Gasteiger partial charge in [0.1, 0.15) is 23.2 Å². The van der Waals surface area contributed by atoms with Crippen molar-refractivity contribution in [3.8, 4) is 11.5 Å². The molecule has 6 nitrogen and oxygen atoms in total. The van der Waals surface area contributed by atoms with Crippen LogP contribution >= 0.6 is 0 Å². The Balaban J connectivity index is 1.97. The molecule has 2 aliphatic rings. The minimum Gasteiger partial charge on any atom is -0.508 e. The molecule has 1 aromatic rings. The molecule has 1 aliphatic heterocycles. The lowest BCUT2D eigenvalue weighted by Gasteiger charge is -2.47. The van der Waals surface area contributed by atoms with E-state index in [0.29, 0.717) is 24.2 Å². The molecule has 29 heavy (non-hydrogen) atoms. The Bertz CT molecular complexity index is 813. The van der Waals surface area contributed by atoms with E-state index >= 15 is 0 Å². The van der Waals surface area contributed by atoms with Crippen LogP contribution in [-0.4, -0.2) is 46.2 Å². The van der Waals surface area contributed by atoms with Gasteiger partial charge in [-0.1, -0.05) is 26.8 Å². The summed E-state index contributed by atoms with van der Waals surface area (Å²) in [5.41, 5.74) is 1.64. The zero-order chi connectivity index (χ0) is 21.6. The summed E-state index contributed by atoms with van der Waals surface area (Å²) in [7, 11) is 0. The molecule has 0 amide bonds. The van der Waals surface area contributed by atoms with Gasteiger partial charge < -0.3 is 24.8 Å². The molecule has 0 fully saturated rings. The minimum absolute atomic E-state index is 0.0861. The molecule has 6 heteroatoms. The number of phenols is 1. The molecule has 0 aromatic heterocycles. The van der Waals surface area contributed by atoms with Crippen molar-refractivity contribution in [2.75, 3.05) is 13.2 Å². The number of benzene rings is 1. The zero-order valence-corrected chi connectivity index (χ0v) is 17.9. The first-order valence-electron chi connectivity index (χ1n) is 10.2. The van der Waals surface area contributed by atoms with Crippen LogP contribution in [0.25, 0.3) is 0 Å². The average molecular weight is 405 g/mol. The molecule has 1 aliphatic carbocycles. The highest BCUT2D eigenvalue weighted by atomic mass is 16.6. The second kappa shape index (κ2) is 7.65. The summed E-state index contributed by atoms with van der Waals surface area (Å²) in [4.78, 5) is 12.5. The van der Waals surface area contributed by atoms with Crippen LogP contribution in [0, 0.1) is 5.92 Å². The normalized spacial score (nSPS) is 23.0. The molecule has 0 spiro atoms. The van der Waals surface area contributed by atoms with Gasteiger partial charge in [0, 0.05) is 23.0 Å². The van der Waals surface area contributed by atoms with Gasteiger partial charge in [0.15, 0.2) is 0 Å². The molecule has 0 radical (unpaired) electrons. The summed E-state index contributed by atoms with van der Waals surface area (Å²) in [6, 6.07) is 3.79. The highest BCUT2D eigenvalue weighted by Crippen LogP contribution is 2.54. The maximum atomic E-state index is 12.5. The van der Waals surface area contributed by atoms with Gasteiger partial charge in [0.25, 0.3) is 0 Å². The summed E-state index contributed by atoms with van der Waals surface area (Å²) >= 11 is 0. The van der Waals surface area contributed by atoms with E-state index in [1.54, 1.807) is 6.07 Å². The van der Waals surface area contributed by atoms with Crippen molar-refractivity contribution in [3.63, 3.8) is 0 Å². The van der Waals surface area contributed by atoms with E-state index in [-0.39, 0.29) is 23.0 Å². The molecule has 0 saturated carbocycles. The van der Waals surface area contributed by atoms with E-state index in [4.69, 9.17) is 9.47 Å². The lowest BCUT2D eigenvalue weighted by molar-refractivity contribution is -0.149. The maximum Gasteiger partial charge on any atom is 0.334 e. The van der Waals surface area contributed by atoms with E-state index in [1.807, 2.05) is 26.0 Å². The van der Waals surface area contributed by atoms with Crippen molar-refractivity contribution in [2.45, 2.75) is 70.5 Å². The zero-order valence-electron chi connectivity index (χ0n) is 17.9. The van der Waals surface area contributed by atoms with Crippen LogP contribution in [0.5, 0.6) is 11.5 Å². The monoisotopic (exact) mass is 404 g/mol. The summed E-state index contributed by atoms with van der Waals surface area (Å²) in [6.45, 7) is 9.48. The largest absolute Gasteiger partial charge is 0.508 e. The van der Waals surface area contributed by atoms with Crippen LogP contribution in [-0.2, 0) is 14.9 Å². The third-order valence-corrected chi connectivity index (χ3v) is 6.11. The van der Waals surface area contributed by atoms with Gasteiger partial charge in [0.05, 0.1) is 13.2 Å². The number of aliphatic hydroxyl groups excluding tert-OH is 2. The van der Waals surface area contributed by atoms with Gasteiger partial charge in [-0.2, -0.15) is 0 Å². The highest BCUT2D eigenvalue weighted by molar-refractivity contribution is 5.89. The average Bonchev–Trinajstić information content (AvgIpc) is 2.63. The molecular formula is C23H32O6. The summed E-state index contributed by atoms with van der Waals surface area (Å²) in [5.74, 6) is 0.338. The fraction of sp³-hybridized carbons (Fsp3) is 0.609. The van der Waals surface area contributed by atoms with Gasteiger partial charge in [-0.15, -0.1) is 0 Å². The van der Waals surface area contributed by atoms with Crippen molar-refractivity contribution in [2.24, 2.45) is 5.92 Å². The number of allylic oxidation sites excluding steroid dienone is 1. The lowest BCUT2D eigenvalue weighted by Crippen LogP contribution is -2.46. The quantitative estimate of drug-likeness (QED) is 0.667. The number of hydrogen-bond donors (Lipinski definition) is 3. The first kappa shape index (κ1) is 21.7. The van der Waals surface area contributed by atoms with Gasteiger partial charge in [0.2, 0.25) is 0 Å². The fourth-order valence-corrected chi connectivity index (χ4v) is 4.35. The Morgan fingerprint density at radius 1 is 1.28 bits per heavy atom. The molecule has 1 unspecified atom stereocenters. The number of hydrogen-bond acceptors (Lipinski definition) is 6. The van der Waals surface area contributed by atoms with Crippen molar-refractivity contribution in [3.05, 3.63) is 34.9 Å².